The fraction of sp³-hybridized carbons (Fsp3) is 0.278. The van der Waals surface area contributed by atoms with Crippen LogP contribution in [0.3, 0.4) is 0 Å². The van der Waals surface area contributed by atoms with Crippen molar-refractivity contribution >= 4 is 39.5 Å². The van der Waals surface area contributed by atoms with Crippen LogP contribution in [-0.4, -0.2) is 17.8 Å². The molecule has 0 aliphatic heterocycles. The van der Waals surface area contributed by atoms with Gasteiger partial charge in [0.25, 0.3) is 0 Å². The lowest BCUT2D eigenvalue weighted by atomic mass is 9.71. The van der Waals surface area contributed by atoms with Crippen molar-refractivity contribution in [3.63, 3.8) is 0 Å². The number of carbonyl (C=O) groups is 1. The second-order valence-electron chi connectivity index (χ2n) is 6.09. The highest BCUT2D eigenvalue weighted by Gasteiger charge is 2.38. The van der Waals surface area contributed by atoms with Gasteiger partial charge in [-0.25, -0.2) is 0 Å². The molecular formula is C18H15BrClNO4. The van der Waals surface area contributed by atoms with Gasteiger partial charge < -0.3 is 9.53 Å². The summed E-state index contributed by atoms with van der Waals surface area (Å²) in [5.74, 6) is 0.149. The fourth-order valence-electron chi connectivity index (χ4n) is 3.25. The van der Waals surface area contributed by atoms with Crippen molar-refractivity contribution < 1.29 is 14.5 Å². The Morgan fingerprint density at radius 2 is 2.12 bits per heavy atom. The highest BCUT2D eigenvalue weighted by molar-refractivity contribution is 9.10. The van der Waals surface area contributed by atoms with E-state index >= 15 is 0 Å². The van der Waals surface area contributed by atoms with Crippen LogP contribution in [0.2, 0.25) is 5.02 Å². The number of hydrogen-bond donors (Lipinski definition) is 0. The monoisotopic (exact) mass is 423 g/mol. The number of nitrogens with zero attached hydrogens (tertiary/aromatic N) is 1. The van der Waals surface area contributed by atoms with Crippen LogP contribution < -0.4 is 4.74 Å². The Labute approximate surface area is 158 Å². The first-order valence-corrected chi connectivity index (χ1v) is 8.94. The van der Waals surface area contributed by atoms with E-state index in [0.29, 0.717) is 15.9 Å². The third-order valence-electron chi connectivity index (χ3n) is 4.50. The fourth-order valence-corrected chi connectivity index (χ4v) is 3.80. The molecule has 2 aromatic carbocycles. The lowest BCUT2D eigenvalue weighted by Gasteiger charge is -2.34. The summed E-state index contributed by atoms with van der Waals surface area (Å²) in [5.41, 5.74) is 0.958. The van der Waals surface area contributed by atoms with Crippen LogP contribution in [0.5, 0.6) is 5.75 Å². The molecule has 0 amide bonds. The molecule has 0 spiro atoms. The van der Waals surface area contributed by atoms with Gasteiger partial charge in [0.1, 0.15) is 12.9 Å². The number of fused-ring (bicyclic) bond motifs is 1. The van der Waals surface area contributed by atoms with Gasteiger partial charge in [0, 0.05) is 15.6 Å². The zero-order valence-corrected chi connectivity index (χ0v) is 15.5. The maximum atomic E-state index is 12.0. The molecule has 0 N–H and O–H groups in total. The van der Waals surface area contributed by atoms with E-state index in [1.807, 2.05) is 12.1 Å². The van der Waals surface area contributed by atoms with E-state index < -0.39 is 10.3 Å². The van der Waals surface area contributed by atoms with Crippen molar-refractivity contribution in [3.05, 3.63) is 67.1 Å². The smallest absolute Gasteiger partial charge is 0.312 e. The summed E-state index contributed by atoms with van der Waals surface area (Å²) in [6.07, 6.45) is 3.21. The number of aryl methyl sites for hydroxylation is 1. The first kappa shape index (κ1) is 17.9. The number of carbonyl (C=O) groups excluding carboxylic acids is 1. The van der Waals surface area contributed by atoms with E-state index in [0.717, 1.165) is 30.3 Å². The number of rotatable bonds is 5. The summed E-state index contributed by atoms with van der Waals surface area (Å²) >= 11 is 9.27. The molecule has 0 heterocycles. The third kappa shape index (κ3) is 3.55. The molecule has 0 bridgehead atoms. The molecule has 7 heteroatoms. The summed E-state index contributed by atoms with van der Waals surface area (Å²) in [6, 6.07) is 10.1. The first-order chi connectivity index (χ1) is 11.9. The van der Waals surface area contributed by atoms with E-state index in [9.17, 15) is 14.9 Å². The molecule has 1 aliphatic rings. The van der Waals surface area contributed by atoms with Crippen molar-refractivity contribution in [1.82, 2.24) is 0 Å². The van der Waals surface area contributed by atoms with Gasteiger partial charge in [0.05, 0.1) is 10.3 Å². The molecule has 0 aromatic heterocycles. The van der Waals surface area contributed by atoms with E-state index in [4.69, 9.17) is 16.3 Å². The van der Waals surface area contributed by atoms with Gasteiger partial charge in [0.15, 0.2) is 5.75 Å². The van der Waals surface area contributed by atoms with Crippen LogP contribution in [0, 0.1) is 10.1 Å². The van der Waals surface area contributed by atoms with Gasteiger partial charge in [0.2, 0.25) is 0 Å². The Hall–Kier alpha value is -1.92. The number of benzene rings is 2. The maximum absolute atomic E-state index is 12.0. The summed E-state index contributed by atoms with van der Waals surface area (Å²) < 4.78 is 6.34. The molecule has 0 saturated carbocycles. The molecule has 1 atom stereocenters. The van der Waals surface area contributed by atoms with Crippen molar-refractivity contribution in [1.29, 1.82) is 0 Å². The Morgan fingerprint density at radius 1 is 1.32 bits per heavy atom. The van der Waals surface area contributed by atoms with Gasteiger partial charge >= 0.3 is 5.69 Å². The average Bonchev–Trinajstić information content (AvgIpc) is 2.60. The largest absolute Gasteiger partial charge is 0.485 e. The Morgan fingerprint density at radius 3 is 2.84 bits per heavy atom. The summed E-state index contributed by atoms with van der Waals surface area (Å²) in [6.45, 7) is 0.0492. The Balaban J connectivity index is 1.93. The van der Waals surface area contributed by atoms with Gasteiger partial charge in [-0.2, -0.15) is 0 Å². The average molecular weight is 425 g/mol. The maximum Gasteiger partial charge on any atom is 0.312 e. The molecule has 25 heavy (non-hydrogen) atoms. The first-order valence-electron chi connectivity index (χ1n) is 7.77. The molecule has 5 nitrogen and oxygen atoms in total. The summed E-state index contributed by atoms with van der Waals surface area (Å²) in [4.78, 5) is 22.7. The minimum absolute atomic E-state index is 0.0492. The quantitative estimate of drug-likeness (QED) is 0.390. The van der Waals surface area contributed by atoms with E-state index in [1.165, 1.54) is 12.1 Å². The lowest BCUT2D eigenvalue weighted by Crippen LogP contribution is -2.38. The van der Waals surface area contributed by atoms with Crippen molar-refractivity contribution in [2.75, 3.05) is 6.61 Å². The molecule has 2 aromatic rings. The third-order valence-corrected chi connectivity index (χ3v) is 5.23. The standard InChI is InChI=1S/C18H15BrClNO4/c19-13-3-6-17(16(9-13)21(23)24)25-11-18(10-22)7-1-2-12-8-14(20)4-5-15(12)18/h3-6,8-10H,1-2,7,11H2/t18-/m0/s1. The van der Waals surface area contributed by atoms with Crippen LogP contribution in [-0.2, 0) is 16.6 Å². The highest BCUT2D eigenvalue weighted by atomic mass is 79.9. The molecule has 0 saturated heterocycles. The Bertz CT molecular complexity index is 842. The molecular weight excluding hydrogens is 410 g/mol. The minimum Gasteiger partial charge on any atom is -0.485 e. The highest BCUT2D eigenvalue weighted by Crippen LogP contribution is 2.39. The molecule has 130 valence electrons. The van der Waals surface area contributed by atoms with Crippen LogP contribution in [0.1, 0.15) is 24.0 Å². The second-order valence-corrected chi connectivity index (χ2v) is 7.44. The zero-order valence-electron chi connectivity index (χ0n) is 13.2. The van der Waals surface area contributed by atoms with Crippen LogP contribution in [0.15, 0.2) is 40.9 Å². The van der Waals surface area contributed by atoms with Crippen molar-refractivity contribution in [2.45, 2.75) is 24.7 Å². The predicted octanol–water partition coefficient (Wildman–Crippen LogP) is 4.86. The van der Waals surface area contributed by atoms with Crippen LogP contribution >= 0.6 is 27.5 Å². The van der Waals surface area contributed by atoms with Crippen molar-refractivity contribution in [2.24, 2.45) is 0 Å². The molecule has 3 rings (SSSR count). The van der Waals surface area contributed by atoms with Crippen LogP contribution in [0.25, 0.3) is 0 Å². The normalized spacial score (nSPS) is 19.1. The number of hydrogen-bond acceptors (Lipinski definition) is 4. The predicted molar refractivity (Wildman–Crippen MR) is 98.4 cm³/mol. The SMILES string of the molecule is O=C[C@]1(COc2ccc(Br)cc2[N+](=O)[O-])CCCc2cc(Cl)ccc21. The zero-order chi connectivity index (χ0) is 18.0. The molecule has 0 radical (unpaired) electrons. The topological polar surface area (TPSA) is 69.4 Å². The van der Waals surface area contributed by atoms with E-state index in [-0.39, 0.29) is 18.0 Å². The summed E-state index contributed by atoms with van der Waals surface area (Å²) in [7, 11) is 0. The number of aldehydes is 1. The number of halogens is 2. The second kappa shape index (κ2) is 7.14. The lowest BCUT2D eigenvalue weighted by molar-refractivity contribution is -0.386. The Kier molecular flexibility index (Phi) is 5.11. The van der Waals surface area contributed by atoms with Crippen LogP contribution in [0.4, 0.5) is 5.69 Å². The molecule has 0 fully saturated rings. The number of ether oxygens (including phenoxy) is 1. The molecule has 1 aliphatic carbocycles. The van der Waals surface area contributed by atoms with Gasteiger partial charge in [-0.3, -0.25) is 10.1 Å². The number of nitro groups is 1. The van der Waals surface area contributed by atoms with E-state index in [2.05, 4.69) is 15.9 Å². The van der Waals surface area contributed by atoms with E-state index in [1.54, 1.807) is 12.1 Å². The summed E-state index contributed by atoms with van der Waals surface area (Å²) in [5, 5.41) is 11.9. The van der Waals surface area contributed by atoms with Gasteiger partial charge in [-0.15, -0.1) is 0 Å². The van der Waals surface area contributed by atoms with Gasteiger partial charge in [-0.05, 0) is 54.7 Å². The van der Waals surface area contributed by atoms with Gasteiger partial charge in [-0.1, -0.05) is 33.6 Å². The van der Waals surface area contributed by atoms with Crippen molar-refractivity contribution in [3.8, 4) is 5.75 Å². The molecule has 0 unspecified atom stereocenters. The number of nitro benzene ring substituents is 1. The minimum atomic E-state index is -0.820.